The number of carbonyl (C=O) groups excluding carboxylic acids is 2. The van der Waals surface area contributed by atoms with Crippen molar-refractivity contribution in [2.24, 2.45) is 0 Å². The van der Waals surface area contributed by atoms with Crippen LogP contribution in [-0.2, 0) is 16.0 Å². The molecule has 2 N–H and O–H groups in total. The number of furan rings is 1. The highest BCUT2D eigenvalue weighted by atomic mass is 16.3. The van der Waals surface area contributed by atoms with Crippen LogP contribution in [0.4, 0.5) is 0 Å². The Balaban J connectivity index is 1.80. The fourth-order valence-electron chi connectivity index (χ4n) is 2.08. The zero-order valence-electron chi connectivity index (χ0n) is 11.0. The fourth-order valence-corrected chi connectivity index (χ4v) is 2.08. The second kappa shape index (κ2) is 6.38. The number of hydrogen-bond donors (Lipinski definition) is 2. The summed E-state index contributed by atoms with van der Waals surface area (Å²) in [6.07, 6.45) is 2.17. The van der Waals surface area contributed by atoms with Gasteiger partial charge in [-0.15, -0.1) is 0 Å². The molecule has 0 saturated carbocycles. The molecule has 1 aromatic rings. The lowest BCUT2D eigenvalue weighted by atomic mass is 10.2. The molecule has 6 nitrogen and oxygen atoms in total. The molecule has 1 aliphatic rings. The second-order valence-corrected chi connectivity index (χ2v) is 4.70. The summed E-state index contributed by atoms with van der Waals surface area (Å²) in [5, 5.41) is 5.85. The third-order valence-electron chi connectivity index (χ3n) is 3.06. The zero-order chi connectivity index (χ0) is 13.7. The molecule has 0 radical (unpaired) electrons. The predicted molar refractivity (Wildman–Crippen MR) is 69.5 cm³/mol. The van der Waals surface area contributed by atoms with Gasteiger partial charge in [0.15, 0.2) is 0 Å². The molecule has 1 atom stereocenters. The highest BCUT2D eigenvalue weighted by molar-refractivity contribution is 6.35. The number of rotatable bonds is 3. The van der Waals surface area contributed by atoms with Gasteiger partial charge in [-0.05, 0) is 19.1 Å². The summed E-state index contributed by atoms with van der Waals surface area (Å²) in [6.45, 7) is 4.49. The van der Waals surface area contributed by atoms with E-state index in [1.54, 1.807) is 17.2 Å². The van der Waals surface area contributed by atoms with Crippen LogP contribution in [0.3, 0.4) is 0 Å². The number of piperazine rings is 1. The third-order valence-corrected chi connectivity index (χ3v) is 3.06. The first-order chi connectivity index (χ1) is 9.16. The van der Waals surface area contributed by atoms with Gasteiger partial charge in [-0.2, -0.15) is 0 Å². The van der Waals surface area contributed by atoms with E-state index in [1.165, 1.54) is 0 Å². The van der Waals surface area contributed by atoms with Gasteiger partial charge in [0.2, 0.25) is 0 Å². The van der Waals surface area contributed by atoms with Crippen LogP contribution >= 0.6 is 0 Å². The van der Waals surface area contributed by atoms with E-state index in [2.05, 4.69) is 10.6 Å². The summed E-state index contributed by atoms with van der Waals surface area (Å²) >= 11 is 0. The Kier molecular flexibility index (Phi) is 4.57. The van der Waals surface area contributed by atoms with E-state index in [0.717, 1.165) is 18.8 Å². The Morgan fingerprint density at radius 1 is 1.47 bits per heavy atom. The first-order valence-electron chi connectivity index (χ1n) is 6.49. The van der Waals surface area contributed by atoms with Crippen molar-refractivity contribution < 1.29 is 14.0 Å². The van der Waals surface area contributed by atoms with Gasteiger partial charge in [-0.25, -0.2) is 0 Å². The maximum Gasteiger partial charge on any atom is 0.311 e. The summed E-state index contributed by atoms with van der Waals surface area (Å²) < 4.78 is 5.21. The van der Waals surface area contributed by atoms with Crippen LogP contribution in [0.5, 0.6) is 0 Å². The predicted octanol–water partition coefficient (Wildman–Crippen LogP) is -0.241. The minimum atomic E-state index is -0.541. The molecule has 1 fully saturated rings. The van der Waals surface area contributed by atoms with Crippen LogP contribution in [0, 0.1) is 0 Å². The van der Waals surface area contributed by atoms with E-state index in [1.807, 2.05) is 13.0 Å². The highest BCUT2D eigenvalue weighted by Gasteiger charge is 2.24. The average Bonchev–Trinajstić information content (AvgIpc) is 2.91. The molecule has 2 heterocycles. The van der Waals surface area contributed by atoms with Gasteiger partial charge in [-0.3, -0.25) is 9.59 Å². The molecule has 0 bridgehead atoms. The lowest BCUT2D eigenvalue weighted by Gasteiger charge is -2.27. The van der Waals surface area contributed by atoms with Crippen LogP contribution < -0.4 is 10.6 Å². The Morgan fingerprint density at radius 2 is 2.21 bits per heavy atom. The number of nitrogens with one attached hydrogen (secondary N) is 2. The van der Waals surface area contributed by atoms with Crippen molar-refractivity contribution >= 4 is 11.8 Å². The largest absolute Gasteiger partial charge is 0.469 e. The molecule has 104 valence electrons. The van der Waals surface area contributed by atoms with Gasteiger partial charge < -0.3 is 20.0 Å². The molecule has 19 heavy (non-hydrogen) atoms. The topological polar surface area (TPSA) is 74.6 Å². The molecule has 6 heteroatoms. The average molecular weight is 265 g/mol. The van der Waals surface area contributed by atoms with E-state index in [-0.39, 0.29) is 6.04 Å². The SMILES string of the molecule is CC(Cc1ccco1)NC(=O)C(=O)N1CCNCC1. The molecule has 0 aromatic carbocycles. The molecular formula is C13H19N3O3. The first kappa shape index (κ1) is 13.6. The van der Waals surface area contributed by atoms with Crippen LogP contribution in [0.1, 0.15) is 12.7 Å². The van der Waals surface area contributed by atoms with Crippen molar-refractivity contribution in [1.29, 1.82) is 0 Å². The van der Waals surface area contributed by atoms with Gasteiger partial charge in [0, 0.05) is 38.6 Å². The van der Waals surface area contributed by atoms with E-state index in [4.69, 9.17) is 4.42 Å². The number of nitrogens with zero attached hydrogens (tertiary/aromatic N) is 1. The summed E-state index contributed by atoms with van der Waals surface area (Å²) in [4.78, 5) is 25.3. The number of hydrogen-bond acceptors (Lipinski definition) is 4. The van der Waals surface area contributed by atoms with Crippen LogP contribution in [0.2, 0.25) is 0 Å². The molecule has 2 rings (SSSR count). The van der Waals surface area contributed by atoms with Gasteiger partial charge in [0.25, 0.3) is 0 Å². The Hall–Kier alpha value is -1.82. The van der Waals surface area contributed by atoms with Crippen LogP contribution in [0.25, 0.3) is 0 Å². The quantitative estimate of drug-likeness (QED) is 0.740. The lowest BCUT2D eigenvalue weighted by Crippen LogP contribution is -2.52. The number of amides is 2. The van der Waals surface area contributed by atoms with Gasteiger partial charge >= 0.3 is 11.8 Å². The molecule has 0 spiro atoms. The maximum atomic E-state index is 11.9. The van der Waals surface area contributed by atoms with Crippen molar-refractivity contribution in [3.63, 3.8) is 0 Å². The Bertz CT molecular complexity index is 424. The second-order valence-electron chi connectivity index (χ2n) is 4.70. The van der Waals surface area contributed by atoms with Crippen molar-refractivity contribution in [2.45, 2.75) is 19.4 Å². The summed E-state index contributed by atoms with van der Waals surface area (Å²) in [5.41, 5.74) is 0. The van der Waals surface area contributed by atoms with Gasteiger partial charge in [0.05, 0.1) is 6.26 Å². The summed E-state index contributed by atoms with van der Waals surface area (Å²) in [5.74, 6) is -0.198. The molecular weight excluding hydrogens is 246 g/mol. The van der Waals surface area contributed by atoms with E-state index < -0.39 is 11.8 Å². The molecule has 2 amide bonds. The molecule has 1 saturated heterocycles. The summed E-state index contributed by atoms with van der Waals surface area (Å²) in [6, 6.07) is 3.52. The zero-order valence-corrected chi connectivity index (χ0v) is 11.0. The molecule has 1 unspecified atom stereocenters. The van der Waals surface area contributed by atoms with Crippen molar-refractivity contribution in [3.05, 3.63) is 24.2 Å². The minimum absolute atomic E-state index is 0.134. The lowest BCUT2D eigenvalue weighted by molar-refractivity contribution is -0.146. The normalized spacial score (nSPS) is 17.0. The van der Waals surface area contributed by atoms with Crippen LogP contribution in [-0.4, -0.2) is 48.9 Å². The molecule has 0 aliphatic carbocycles. The van der Waals surface area contributed by atoms with Crippen molar-refractivity contribution in [1.82, 2.24) is 15.5 Å². The minimum Gasteiger partial charge on any atom is -0.469 e. The highest BCUT2D eigenvalue weighted by Crippen LogP contribution is 2.04. The standard InChI is InChI=1S/C13H19N3O3/c1-10(9-11-3-2-8-19-11)15-12(17)13(18)16-6-4-14-5-7-16/h2-3,8,10,14H,4-7,9H2,1H3,(H,15,17). The smallest absolute Gasteiger partial charge is 0.311 e. The Morgan fingerprint density at radius 3 is 2.84 bits per heavy atom. The van der Waals surface area contributed by atoms with E-state index in [0.29, 0.717) is 19.5 Å². The molecule has 1 aromatic heterocycles. The summed E-state index contributed by atoms with van der Waals surface area (Å²) in [7, 11) is 0. The van der Waals surface area contributed by atoms with Gasteiger partial charge in [-0.1, -0.05) is 0 Å². The van der Waals surface area contributed by atoms with Crippen molar-refractivity contribution in [3.8, 4) is 0 Å². The molecule has 1 aliphatic heterocycles. The van der Waals surface area contributed by atoms with Crippen LogP contribution in [0.15, 0.2) is 22.8 Å². The third kappa shape index (κ3) is 3.82. The fraction of sp³-hybridized carbons (Fsp3) is 0.538. The van der Waals surface area contributed by atoms with Crippen molar-refractivity contribution in [2.75, 3.05) is 26.2 Å². The Labute approximate surface area is 112 Å². The van der Waals surface area contributed by atoms with E-state index >= 15 is 0 Å². The number of carbonyl (C=O) groups is 2. The first-order valence-corrected chi connectivity index (χ1v) is 6.49. The monoisotopic (exact) mass is 265 g/mol. The van der Waals surface area contributed by atoms with E-state index in [9.17, 15) is 9.59 Å². The maximum absolute atomic E-state index is 11.9. The van der Waals surface area contributed by atoms with Gasteiger partial charge in [0.1, 0.15) is 5.76 Å².